The lowest BCUT2D eigenvalue weighted by Crippen LogP contribution is -2.65. The molecule has 0 saturated heterocycles. The highest BCUT2D eigenvalue weighted by Crippen LogP contribution is 2.54. The van der Waals surface area contributed by atoms with Crippen molar-refractivity contribution in [3.05, 3.63) is 58.5 Å². The van der Waals surface area contributed by atoms with Crippen LogP contribution in [-0.2, 0) is 25.6 Å². The second-order valence-electron chi connectivity index (χ2n) is 10.8. The number of nitrogens with zero attached hydrogens (tertiary/aromatic N) is 2. The molecule has 5 rings (SSSR count). The minimum Gasteiger partial charge on any atom is -0.508 e. The van der Waals surface area contributed by atoms with Gasteiger partial charge in [-0.05, 0) is 56.6 Å². The maximum atomic E-state index is 14.1. The summed E-state index contributed by atoms with van der Waals surface area (Å²) < 4.78 is 0. The number of carbonyl (C=O) groups excluding carboxylic acids is 4. The van der Waals surface area contributed by atoms with E-state index < -0.39 is 69.7 Å². The highest BCUT2D eigenvalue weighted by atomic mass is 16.3. The van der Waals surface area contributed by atoms with Gasteiger partial charge in [0.15, 0.2) is 11.4 Å². The fraction of sp³-hybridized carbons (Fsp3) is 0.345. The third-order valence-corrected chi connectivity index (χ3v) is 8.26. The van der Waals surface area contributed by atoms with Crippen LogP contribution < -0.4 is 11.1 Å². The van der Waals surface area contributed by atoms with E-state index in [1.807, 2.05) is 0 Å². The zero-order valence-electron chi connectivity index (χ0n) is 22.6. The molecule has 0 bridgehead atoms. The van der Waals surface area contributed by atoms with Crippen LogP contribution in [0.1, 0.15) is 30.9 Å². The fourth-order valence-electron chi connectivity index (χ4n) is 6.40. The first-order valence-corrected chi connectivity index (χ1v) is 13.1. The molecule has 1 saturated carbocycles. The van der Waals surface area contributed by atoms with E-state index in [9.17, 15) is 39.6 Å². The molecule has 12 nitrogen and oxygen atoms in total. The Bertz CT molecular complexity index is 1580. The van der Waals surface area contributed by atoms with Crippen LogP contribution in [0.3, 0.4) is 0 Å². The molecule has 2 aromatic rings. The number of hydrogen-bond acceptors (Lipinski definition) is 10. The molecule has 0 unspecified atom stereocenters. The summed E-state index contributed by atoms with van der Waals surface area (Å²) in [5.41, 5.74) is 2.74. The van der Waals surface area contributed by atoms with Crippen LogP contribution in [0.4, 0.5) is 5.69 Å². The van der Waals surface area contributed by atoms with Gasteiger partial charge in [0.2, 0.25) is 11.7 Å². The van der Waals surface area contributed by atoms with Crippen molar-refractivity contribution in [2.75, 3.05) is 19.4 Å². The molecule has 41 heavy (non-hydrogen) atoms. The molecule has 214 valence electrons. The standard InChI is InChI=1S/C29H30N4O8/c1-4-18(34)32-17-11-13(16-7-5-6-8-31-16)14-9-12-10-15-22(33(2)3)25(37)21(28(30)40)27(39)29(15,41)26(38)19(12)24(36)20(14)23(17)35/h5-8,11-12,15,22,35-36,39,41H,4,9-10H2,1-3H3,(H2,30,40)(H,32,34)/t12-,15-,22+,29-/m0/s1. The van der Waals surface area contributed by atoms with Crippen molar-refractivity contribution in [2.45, 2.75) is 37.8 Å². The topological polar surface area (TPSA) is 203 Å². The number of nitrogens with two attached hydrogens (primary N) is 1. The number of ketones is 2. The lowest BCUT2D eigenvalue weighted by Gasteiger charge is -2.50. The van der Waals surface area contributed by atoms with E-state index in [0.717, 1.165) is 0 Å². The Morgan fingerprint density at radius 2 is 1.90 bits per heavy atom. The Morgan fingerprint density at radius 1 is 1.20 bits per heavy atom. The quantitative estimate of drug-likeness (QED) is 0.228. The van der Waals surface area contributed by atoms with Crippen LogP contribution >= 0.6 is 0 Å². The number of phenols is 1. The Balaban J connectivity index is 1.78. The number of phenolic OH excluding ortho intramolecular Hbond substituents is 1. The lowest BCUT2D eigenvalue weighted by atomic mass is 9.57. The van der Waals surface area contributed by atoms with E-state index in [0.29, 0.717) is 16.8 Å². The van der Waals surface area contributed by atoms with Crippen molar-refractivity contribution < 1.29 is 39.6 Å². The maximum Gasteiger partial charge on any atom is 0.255 e. The first-order chi connectivity index (χ1) is 19.3. The second kappa shape index (κ2) is 9.82. The van der Waals surface area contributed by atoms with E-state index in [-0.39, 0.29) is 36.1 Å². The SMILES string of the molecule is CCC(=O)Nc1cc(-c2ccccn2)c2c(c1O)C(O)=C1C(=O)[C@]3(O)C(O)=C(C(N)=O)C(=O)[C@H](N(C)C)[C@@H]3C[C@@H]1C2. The molecular formula is C29H30N4O8. The van der Waals surface area contributed by atoms with Gasteiger partial charge in [-0.25, -0.2) is 0 Å². The number of Topliss-reactive ketones (excluding diaryl/α,β-unsaturated/α-hetero) is 2. The number of aliphatic hydroxyl groups is 3. The van der Waals surface area contributed by atoms with Crippen LogP contribution in [0.15, 0.2) is 47.4 Å². The average Bonchev–Trinajstić information content (AvgIpc) is 2.92. The molecule has 4 atom stereocenters. The Labute approximate surface area is 234 Å². The zero-order chi connectivity index (χ0) is 30.0. The predicted octanol–water partition coefficient (Wildman–Crippen LogP) is 1.37. The minimum atomic E-state index is -2.74. The number of amides is 2. The van der Waals surface area contributed by atoms with E-state index in [1.165, 1.54) is 19.0 Å². The summed E-state index contributed by atoms with van der Waals surface area (Å²) in [5, 5.41) is 48.2. The number of likely N-dealkylation sites (N-methyl/N-ethyl adjacent to an activating group) is 1. The number of aliphatic hydroxyl groups excluding tert-OH is 2. The van der Waals surface area contributed by atoms with Gasteiger partial charge in [-0.1, -0.05) is 13.0 Å². The molecule has 1 fully saturated rings. The first-order valence-electron chi connectivity index (χ1n) is 13.1. The van der Waals surface area contributed by atoms with Crippen LogP contribution in [0.25, 0.3) is 17.0 Å². The van der Waals surface area contributed by atoms with Gasteiger partial charge in [-0.2, -0.15) is 0 Å². The van der Waals surface area contributed by atoms with Gasteiger partial charge in [0, 0.05) is 29.7 Å². The lowest BCUT2D eigenvalue weighted by molar-refractivity contribution is -0.153. The van der Waals surface area contributed by atoms with E-state index in [4.69, 9.17) is 5.73 Å². The Hall–Kier alpha value is -4.55. The monoisotopic (exact) mass is 562 g/mol. The number of primary amides is 1. The Morgan fingerprint density at radius 3 is 2.49 bits per heavy atom. The summed E-state index contributed by atoms with van der Waals surface area (Å²) >= 11 is 0. The van der Waals surface area contributed by atoms with Gasteiger partial charge >= 0.3 is 0 Å². The third kappa shape index (κ3) is 4.01. The van der Waals surface area contributed by atoms with Gasteiger partial charge in [0.25, 0.3) is 5.91 Å². The molecule has 3 aliphatic rings. The number of aromatic hydroxyl groups is 1. The van der Waals surface area contributed by atoms with Gasteiger partial charge in [-0.3, -0.25) is 29.1 Å². The smallest absolute Gasteiger partial charge is 0.255 e. The van der Waals surface area contributed by atoms with Crippen molar-refractivity contribution in [3.63, 3.8) is 0 Å². The van der Waals surface area contributed by atoms with Gasteiger partial charge in [0.1, 0.15) is 22.8 Å². The number of benzene rings is 1. The van der Waals surface area contributed by atoms with E-state index >= 15 is 0 Å². The van der Waals surface area contributed by atoms with Crippen molar-refractivity contribution in [1.29, 1.82) is 0 Å². The fourth-order valence-corrected chi connectivity index (χ4v) is 6.40. The first kappa shape index (κ1) is 28.0. The van der Waals surface area contributed by atoms with Gasteiger partial charge in [-0.15, -0.1) is 0 Å². The molecule has 7 N–H and O–H groups in total. The van der Waals surface area contributed by atoms with Crippen LogP contribution in [0.5, 0.6) is 5.75 Å². The summed E-state index contributed by atoms with van der Waals surface area (Å²) in [6.07, 6.45) is 1.73. The third-order valence-electron chi connectivity index (χ3n) is 8.26. The average molecular weight is 563 g/mol. The molecule has 12 heteroatoms. The number of carbonyl (C=O) groups is 4. The number of nitrogens with one attached hydrogen (secondary N) is 1. The molecule has 0 spiro atoms. The molecule has 1 heterocycles. The van der Waals surface area contributed by atoms with E-state index in [2.05, 4.69) is 10.3 Å². The summed E-state index contributed by atoms with van der Waals surface area (Å²) in [7, 11) is 3.08. The second-order valence-corrected chi connectivity index (χ2v) is 10.8. The molecule has 0 radical (unpaired) electrons. The van der Waals surface area contributed by atoms with Crippen molar-refractivity contribution in [2.24, 2.45) is 17.6 Å². The summed E-state index contributed by atoms with van der Waals surface area (Å²) in [6, 6.07) is 5.55. The molecule has 0 aliphatic heterocycles. The van der Waals surface area contributed by atoms with Crippen molar-refractivity contribution >= 4 is 34.8 Å². The van der Waals surface area contributed by atoms with Crippen LogP contribution in [0, 0.1) is 11.8 Å². The number of pyridine rings is 1. The summed E-state index contributed by atoms with van der Waals surface area (Å²) in [5.74, 6) is -7.86. The van der Waals surface area contributed by atoms with Crippen LogP contribution in [-0.4, -0.2) is 79.4 Å². The summed E-state index contributed by atoms with van der Waals surface area (Å²) in [6.45, 7) is 1.63. The molecular weight excluding hydrogens is 532 g/mol. The molecule has 1 aromatic carbocycles. The number of hydrogen-bond donors (Lipinski definition) is 6. The predicted molar refractivity (Wildman–Crippen MR) is 146 cm³/mol. The Kier molecular flexibility index (Phi) is 6.71. The van der Waals surface area contributed by atoms with Gasteiger partial charge < -0.3 is 31.5 Å². The molecule has 2 amide bonds. The number of anilines is 1. The van der Waals surface area contributed by atoms with Crippen molar-refractivity contribution in [1.82, 2.24) is 9.88 Å². The van der Waals surface area contributed by atoms with Crippen LogP contribution in [0.2, 0.25) is 0 Å². The summed E-state index contributed by atoms with van der Waals surface area (Å²) in [4.78, 5) is 57.6. The number of aromatic nitrogens is 1. The normalized spacial score (nSPS) is 25.5. The zero-order valence-corrected chi connectivity index (χ0v) is 22.6. The molecule has 3 aliphatic carbocycles. The minimum absolute atomic E-state index is 0.0172. The number of fused-ring (bicyclic) bond motifs is 3. The largest absolute Gasteiger partial charge is 0.508 e. The van der Waals surface area contributed by atoms with E-state index in [1.54, 1.807) is 37.4 Å². The molecule has 1 aromatic heterocycles. The van der Waals surface area contributed by atoms with Crippen molar-refractivity contribution in [3.8, 4) is 17.0 Å². The highest BCUT2D eigenvalue weighted by Gasteiger charge is 2.64. The van der Waals surface area contributed by atoms with Gasteiger partial charge in [0.05, 0.1) is 23.0 Å². The maximum absolute atomic E-state index is 14.1. The number of rotatable bonds is 5. The highest BCUT2D eigenvalue weighted by molar-refractivity contribution is 6.24.